The standard InChI is InChI=1S/C51H65N/c1-5-9-13-19-31-50(32-20-14-10-6-2)46-24-18-17-23-42(46)44-29-26-40(36-48(44)50)41-27-30-45-43-28-25-39(38-52)35-47(43)51(49(45)37-41,33-21-15-11-7-3)34-22-16-12-8-4/h17-18,23-30,35-37H,5-16,19-22,31-34H2,1-4H3. The van der Waals surface area contributed by atoms with Crippen LogP contribution in [0.1, 0.15) is 184 Å². The van der Waals surface area contributed by atoms with Gasteiger partial charge in [-0.25, -0.2) is 0 Å². The van der Waals surface area contributed by atoms with Crippen molar-refractivity contribution in [2.45, 2.75) is 167 Å². The number of benzene rings is 4. The Bertz CT molecular complexity index is 1790. The molecule has 2 aliphatic rings. The minimum absolute atomic E-state index is 0.0374. The lowest BCUT2D eigenvalue weighted by Crippen LogP contribution is -2.26. The first-order valence-electron chi connectivity index (χ1n) is 21.5. The Balaban J connectivity index is 1.46. The van der Waals surface area contributed by atoms with Gasteiger partial charge in [-0.05, 0) is 106 Å². The summed E-state index contributed by atoms with van der Waals surface area (Å²) in [5.74, 6) is 0. The Morgan fingerprint density at radius 1 is 0.404 bits per heavy atom. The van der Waals surface area contributed by atoms with E-state index in [1.54, 1.807) is 11.1 Å². The van der Waals surface area contributed by atoms with Crippen LogP contribution in [0.2, 0.25) is 0 Å². The molecule has 1 nitrogen and oxygen atoms in total. The quantitative estimate of drug-likeness (QED) is 0.0798. The number of nitrogens with zero attached hydrogens (tertiary/aromatic N) is 1. The summed E-state index contributed by atoms with van der Waals surface area (Å²) in [7, 11) is 0. The Morgan fingerprint density at radius 2 is 0.788 bits per heavy atom. The zero-order chi connectivity index (χ0) is 36.4. The van der Waals surface area contributed by atoms with Crippen LogP contribution in [0.3, 0.4) is 0 Å². The zero-order valence-electron chi connectivity index (χ0n) is 33.1. The van der Waals surface area contributed by atoms with Gasteiger partial charge >= 0.3 is 0 Å². The van der Waals surface area contributed by atoms with Crippen molar-refractivity contribution in [3.8, 4) is 39.4 Å². The molecule has 0 heterocycles. The first-order valence-corrected chi connectivity index (χ1v) is 21.5. The smallest absolute Gasteiger partial charge is 0.0991 e. The van der Waals surface area contributed by atoms with Gasteiger partial charge in [-0.1, -0.05) is 185 Å². The fraction of sp³-hybridized carbons (Fsp3) is 0.510. The van der Waals surface area contributed by atoms with Gasteiger partial charge in [0.15, 0.2) is 0 Å². The Hall–Kier alpha value is -3.63. The molecule has 0 aliphatic heterocycles. The molecule has 0 N–H and O–H groups in total. The molecule has 0 spiro atoms. The lowest BCUT2D eigenvalue weighted by atomic mass is 9.69. The summed E-state index contributed by atoms with van der Waals surface area (Å²) in [4.78, 5) is 0. The predicted octanol–water partition coefficient (Wildman–Crippen LogP) is 15.6. The third kappa shape index (κ3) is 7.56. The highest BCUT2D eigenvalue weighted by Crippen LogP contribution is 2.57. The molecule has 0 atom stereocenters. The van der Waals surface area contributed by atoms with Crippen molar-refractivity contribution in [1.29, 1.82) is 5.26 Å². The summed E-state index contributed by atoms with van der Waals surface area (Å²) in [6.45, 7) is 9.28. The fourth-order valence-corrected chi connectivity index (χ4v) is 10.1. The van der Waals surface area contributed by atoms with E-state index in [4.69, 9.17) is 0 Å². The number of fused-ring (bicyclic) bond motifs is 6. The summed E-state index contributed by atoms with van der Waals surface area (Å²) < 4.78 is 0. The van der Waals surface area contributed by atoms with Crippen LogP contribution in [0.5, 0.6) is 0 Å². The first kappa shape index (κ1) is 38.1. The number of nitriles is 1. The summed E-state index contributed by atoms with van der Waals surface area (Å²) in [5.41, 5.74) is 15.3. The number of unbranched alkanes of at least 4 members (excludes halogenated alkanes) is 12. The van der Waals surface area contributed by atoms with E-state index in [2.05, 4.69) is 107 Å². The van der Waals surface area contributed by atoms with Crippen LogP contribution >= 0.6 is 0 Å². The van der Waals surface area contributed by atoms with Gasteiger partial charge in [-0.15, -0.1) is 0 Å². The molecule has 6 rings (SSSR count). The van der Waals surface area contributed by atoms with Crippen LogP contribution in [0, 0.1) is 11.3 Å². The molecule has 0 fully saturated rings. The molecular formula is C51H65N. The topological polar surface area (TPSA) is 23.8 Å². The van der Waals surface area contributed by atoms with Gasteiger partial charge < -0.3 is 0 Å². The molecule has 0 saturated heterocycles. The van der Waals surface area contributed by atoms with Crippen LogP contribution in [0.25, 0.3) is 33.4 Å². The highest BCUT2D eigenvalue weighted by Gasteiger charge is 2.44. The van der Waals surface area contributed by atoms with E-state index in [9.17, 15) is 5.26 Å². The molecule has 274 valence electrons. The van der Waals surface area contributed by atoms with Crippen LogP contribution in [0.4, 0.5) is 0 Å². The number of hydrogen-bond acceptors (Lipinski definition) is 1. The summed E-state index contributed by atoms with van der Waals surface area (Å²) in [6.07, 6.45) is 25.3. The average Bonchev–Trinajstić information content (AvgIpc) is 3.61. The van der Waals surface area contributed by atoms with Crippen LogP contribution in [-0.2, 0) is 10.8 Å². The molecule has 0 saturated carbocycles. The molecule has 0 aromatic heterocycles. The Morgan fingerprint density at radius 3 is 1.23 bits per heavy atom. The molecule has 0 bridgehead atoms. The molecule has 4 aromatic rings. The van der Waals surface area contributed by atoms with Crippen molar-refractivity contribution in [1.82, 2.24) is 0 Å². The molecule has 2 aliphatic carbocycles. The second-order valence-corrected chi connectivity index (χ2v) is 16.3. The van der Waals surface area contributed by atoms with E-state index in [0.717, 1.165) is 18.4 Å². The van der Waals surface area contributed by atoms with Gasteiger partial charge in [0.25, 0.3) is 0 Å². The van der Waals surface area contributed by atoms with Crippen molar-refractivity contribution in [2.75, 3.05) is 0 Å². The maximum atomic E-state index is 10.0. The van der Waals surface area contributed by atoms with Gasteiger partial charge in [-0.2, -0.15) is 5.26 Å². The van der Waals surface area contributed by atoms with Crippen molar-refractivity contribution in [2.24, 2.45) is 0 Å². The normalized spacial score (nSPS) is 14.4. The number of hydrogen-bond donors (Lipinski definition) is 0. The maximum Gasteiger partial charge on any atom is 0.0991 e. The largest absolute Gasteiger partial charge is 0.192 e. The van der Waals surface area contributed by atoms with Gasteiger partial charge in [0, 0.05) is 10.8 Å². The molecular weight excluding hydrogens is 627 g/mol. The molecule has 0 radical (unpaired) electrons. The SMILES string of the molecule is CCCCCCC1(CCCCCC)c2ccccc2-c2ccc(-c3ccc4c(c3)C(CCCCCC)(CCCCCC)c3cc(C#N)ccc3-4)cc21. The summed E-state index contributed by atoms with van der Waals surface area (Å²) in [5, 5.41) is 10.0. The minimum atomic E-state index is -0.0374. The van der Waals surface area contributed by atoms with Crippen molar-refractivity contribution in [3.05, 3.63) is 107 Å². The van der Waals surface area contributed by atoms with E-state index >= 15 is 0 Å². The molecule has 0 amide bonds. The van der Waals surface area contributed by atoms with Crippen LogP contribution in [0.15, 0.2) is 78.9 Å². The van der Waals surface area contributed by atoms with Crippen LogP contribution in [-0.4, -0.2) is 0 Å². The third-order valence-electron chi connectivity index (χ3n) is 12.9. The van der Waals surface area contributed by atoms with Crippen molar-refractivity contribution in [3.63, 3.8) is 0 Å². The average molecular weight is 692 g/mol. The van der Waals surface area contributed by atoms with E-state index in [1.807, 2.05) is 6.07 Å². The highest BCUT2D eigenvalue weighted by molar-refractivity contribution is 5.87. The number of rotatable bonds is 21. The van der Waals surface area contributed by atoms with E-state index in [1.165, 1.54) is 160 Å². The van der Waals surface area contributed by atoms with Crippen molar-refractivity contribution >= 4 is 0 Å². The highest BCUT2D eigenvalue weighted by atomic mass is 14.5. The molecule has 1 heteroatoms. The van der Waals surface area contributed by atoms with Gasteiger partial charge in [0.2, 0.25) is 0 Å². The summed E-state index contributed by atoms with van der Waals surface area (Å²) >= 11 is 0. The molecule has 4 aromatic carbocycles. The zero-order valence-corrected chi connectivity index (χ0v) is 33.1. The lowest BCUT2D eigenvalue weighted by molar-refractivity contribution is 0.400. The van der Waals surface area contributed by atoms with E-state index in [0.29, 0.717) is 0 Å². The third-order valence-corrected chi connectivity index (χ3v) is 12.9. The Labute approximate surface area is 317 Å². The maximum absolute atomic E-state index is 10.0. The van der Waals surface area contributed by atoms with Gasteiger partial charge in [0.05, 0.1) is 11.6 Å². The van der Waals surface area contributed by atoms with Crippen LogP contribution < -0.4 is 0 Å². The van der Waals surface area contributed by atoms with Gasteiger partial charge in [0.1, 0.15) is 0 Å². The van der Waals surface area contributed by atoms with Crippen molar-refractivity contribution < 1.29 is 0 Å². The summed E-state index contributed by atoms with van der Waals surface area (Å²) in [6, 6.07) is 33.4. The monoisotopic (exact) mass is 692 g/mol. The lowest BCUT2D eigenvalue weighted by Gasteiger charge is -2.34. The van der Waals surface area contributed by atoms with Gasteiger partial charge in [-0.3, -0.25) is 0 Å². The molecule has 0 unspecified atom stereocenters. The second-order valence-electron chi connectivity index (χ2n) is 16.3. The molecule has 52 heavy (non-hydrogen) atoms. The predicted molar refractivity (Wildman–Crippen MR) is 224 cm³/mol. The van der Waals surface area contributed by atoms with E-state index in [-0.39, 0.29) is 10.8 Å². The Kier molecular flexibility index (Phi) is 13.1. The van der Waals surface area contributed by atoms with E-state index < -0.39 is 0 Å². The first-order chi connectivity index (χ1) is 25.6. The second kappa shape index (κ2) is 17.9. The fourth-order valence-electron chi connectivity index (χ4n) is 10.1. The minimum Gasteiger partial charge on any atom is -0.192 e.